The number of para-hydroxylation sites is 1. The van der Waals surface area contributed by atoms with Gasteiger partial charge >= 0.3 is 0 Å². The van der Waals surface area contributed by atoms with Crippen molar-refractivity contribution in [2.75, 3.05) is 18.5 Å². The molecular formula is C24H25N3O3S2. The molecule has 0 unspecified atom stereocenters. The van der Waals surface area contributed by atoms with E-state index >= 15 is 0 Å². The number of amidine groups is 1. The molecule has 0 saturated carbocycles. The molecule has 0 spiro atoms. The molecule has 2 aliphatic heterocycles. The molecule has 2 aromatic rings. The fourth-order valence-electron chi connectivity index (χ4n) is 4.07. The third-order valence-electron chi connectivity index (χ3n) is 5.78. The van der Waals surface area contributed by atoms with Crippen LogP contribution < -0.4 is 4.90 Å². The molecule has 2 heterocycles. The second kappa shape index (κ2) is 8.26. The predicted molar refractivity (Wildman–Crippen MR) is 130 cm³/mol. The molecule has 1 fully saturated rings. The summed E-state index contributed by atoms with van der Waals surface area (Å²) < 4.78 is 29.4. The van der Waals surface area contributed by atoms with Crippen molar-refractivity contribution in [2.45, 2.75) is 31.1 Å². The van der Waals surface area contributed by atoms with Crippen molar-refractivity contribution in [1.29, 1.82) is 0 Å². The van der Waals surface area contributed by atoms with E-state index in [1.165, 1.54) is 22.6 Å². The van der Waals surface area contributed by atoms with E-state index in [2.05, 4.69) is 35.3 Å². The van der Waals surface area contributed by atoms with Crippen molar-refractivity contribution in [3.63, 3.8) is 0 Å². The number of benzene rings is 2. The maximum Gasteiger partial charge on any atom is 0.284 e. The van der Waals surface area contributed by atoms with Gasteiger partial charge in [-0.1, -0.05) is 50.2 Å². The van der Waals surface area contributed by atoms with Crippen LogP contribution in [0, 0.1) is 0 Å². The van der Waals surface area contributed by atoms with Crippen molar-refractivity contribution in [1.82, 2.24) is 4.90 Å². The zero-order chi connectivity index (χ0) is 23.1. The average Bonchev–Trinajstić information content (AvgIpc) is 3.17. The number of hydrogen-bond donors (Lipinski definition) is 0. The number of amides is 1. The van der Waals surface area contributed by atoms with E-state index in [0.717, 1.165) is 23.1 Å². The zero-order valence-corrected chi connectivity index (χ0v) is 20.1. The molecule has 166 valence electrons. The molecule has 0 aliphatic carbocycles. The lowest BCUT2D eigenvalue weighted by molar-refractivity contribution is -0.122. The first kappa shape index (κ1) is 22.4. The van der Waals surface area contributed by atoms with Crippen molar-refractivity contribution in [3.05, 3.63) is 82.9 Å². The fourth-order valence-corrected chi connectivity index (χ4v) is 6.28. The number of likely N-dealkylation sites (N-methyl/N-ethyl adjacent to an activating group) is 2. The summed E-state index contributed by atoms with van der Waals surface area (Å²) in [6, 6.07) is 16.3. The molecule has 0 bridgehead atoms. The molecule has 2 aliphatic rings. The van der Waals surface area contributed by atoms with Crippen LogP contribution >= 0.6 is 11.8 Å². The fraction of sp³-hybridized carbons (Fsp3) is 0.250. The molecule has 2 aromatic carbocycles. The van der Waals surface area contributed by atoms with Crippen LogP contribution in [0.2, 0.25) is 0 Å². The highest BCUT2D eigenvalue weighted by Crippen LogP contribution is 2.46. The van der Waals surface area contributed by atoms with Gasteiger partial charge in [-0.2, -0.15) is 8.42 Å². The topological polar surface area (TPSA) is 70.1 Å². The summed E-state index contributed by atoms with van der Waals surface area (Å²) in [6.07, 6.45) is 3.72. The molecule has 32 heavy (non-hydrogen) atoms. The Bertz CT molecular complexity index is 1260. The number of rotatable bonds is 4. The SMILES string of the molecule is CCN1C(=O)C(=CC=C2N(C)c3ccccc3C2(C)C)SC1=NS(=O)(=O)c1ccccc1. The smallest absolute Gasteiger partial charge is 0.284 e. The standard InChI is InChI=1S/C24H25N3O3S2/c1-5-27-22(28)20(31-23(27)25-32(29,30)17-11-7-6-8-12-17)15-16-21-24(2,3)18-13-9-10-14-19(18)26(21)4/h6-16H,5H2,1-4H3. The van der Waals surface area contributed by atoms with Crippen molar-refractivity contribution in [3.8, 4) is 0 Å². The van der Waals surface area contributed by atoms with E-state index in [4.69, 9.17) is 0 Å². The maximum absolute atomic E-state index is 13.0. The van der Waals surface area contributed by atoms with Crippen LogP contribution in [0.15, 0.2) is 86.6 Å². The second-order valence-electron chi connectivity index (χ2n) is 8.10. The van der Waals surface area contributed by atoms with Gasteiger partial charge < -0.3 is 4.90 Å². The Balaban J connectivity index is 1.68. The maximum atomic E-state index is 13.0. The number of carbonyl (C=O) groups is 1. The van der Waals surface area contributed by atoms with Crippen LogP contribution in [0.4, 0.5) is 5.69 Å². The summed E-state index contributed by atoms with van der Waals surface area (Å²) in [5.41, 5.74) is 3.21. The second-order valence-corrected chi connectivity index (χ2v) is 10.7. The largest absolute Gasteiger partial charge is 0.347 e. The van der Waals surface area contributed by atoms with Gasteiger partial charge in [-0.25, -0.2) is 0 Å². The van der Waals surface area contributed by atoms with Gasteiger partial charge in [-0.3, -0.25) is 9.69 Å². The summed E-state index contributed by atoms with van der Waals surface area (Å²) in [5, 5.41) is 0.174. The highest BCUT2D eigenvalue weighted by Gasteiger charge is 2.38. The third kappa shape index (κ3) is 3.78. The van der Waals surface area contributed by atoms with Gasteiger partial charge in [0.25, 0.3) is 15.9 Å². The van der Waals surface area contributed by atoms with E-state index < -0.39 is 10.0 Å². The molecule has 0 radical (unpaired) electrons. The first-order valence-corrected chi connectivity index (χ1v) is 12.6. The summed E-state index contributed by atoms with van der Waals surface area (Å²) >= 11 is 1.09. The number of fused-ring (bicyclic) bond motifs is 1. The Morgan fingerprint density at radius 2 is 1.69 bits per heavy atom. The van der Waals surface area contributed by atoms with Gasteiger partial charge in [0.05, 0.1) is 9.80 Å². The Morgan fingerprint density at radius 3 is 2.34 bits per heavy atom. The lowest BCUT2D eigenvalue weighted by Gasteiger charge is -2.23. The normalized spacial score (nSPS) is 21.8. The van der Waals surface area contributed by atoms with Gasteiger partial charge in [0.2, 0.25) is 0 Å². The van der Waals surface area contributed by atoms with E-state index in [1.54, 1.807) is 31.2 Å². The van der Waals surface area contributed by atoms with Gasteiger partial charge in [-0.05, 0) is 54.6 Å². The van der Waals surface area contributed by atoms with Gasteiger partial charge in [0.15, 0.2) is 5.17 Å². The number of sulfonamides is 1. The minimum atomic E-state index is -3.91. The third-order valence-corrected chi connectivity index (χ3v) is 8.20. The number of nitrogens with zero attached hydrogens (tertiary/aromatic N) is 3. The number of allylic oxidation sites excluding steroid dienone is 3. The minimum absolute atomic E-state index is 0.100. The van der Waals surface area contributed by atoms with Crippen molar-refractivity contribution >= 4 is 38.5 Å². The molecule has 0 aromatic heterocycles. The quantitative estimate of drug-likeness (QED) is 0.618. The molecule has 1 amide bonds. The van der Waals surface area contributed by atoms with Crippen LogP contribution in [0.1, 0.15) is 26.3 Å². The van der Waals surface area contributed by atoms with E-state index in [9.17, 15) is 13.2 Å². The van der Waals surface area contributed by atoms with Crippen LogP contribution in [-0.2, 0) is 20.2 Å². The first-order chi connectivity index (χ1) is 15.2. The van der Waals surface area contributed by atoms with Crippen LogP contribution in [0.3, 0.4) is 0 Å². The number of hydrogen-bond acceptors (Lipinski definition) is 5. The molecule has 0 N–H and O–H groups in total. The highest BCUT2D eigenvalue weighted by molar-refractivity contribution is 8.19. The molecule has 1 saturated heterocycles. The van der Waals surface area contributed by atoms with E-state index in [-0.39, 0.29) is 21.4 Å². The first-order valence-electron chi connectivity index (χ1n) is 10.3. The van der Waals surface area contributed by atoms with Crippen LogP contribution in [-0.4, -0.2) is 38.0 Å². The van der Waals surface area contributed by atoms with Crippen LogP contribution in [0.25, 0.3) is 0 Å². The Kier molecular flexibility index (Phi) is 5.77. The minimum Gasteiger partial charge on any atom is -0.347 e. The van der Waals surface area contributed by atoms with Gasteiger partial charge in [-0.15, -0.1) is 4.40 Å². The average molecular weight is 468 g/mol. The van der Waals surface area contributed by atoms with Gasteiger partial charge in [0, 0.05) is 30.4 Å². The number of thioether (sulfide) groups is 1. The summed E-state index contributed by atoms with van der Waals surface area (Å²) in [7, 11) is -1.89. The Hall–Kier alpha value is -2.84. The van der Waals surface area contributed by atoms with Crippen LogP contribution in [0.5, 0.6) is 0 Å². The number of carbonyl (C=O) groups excluding carboxylic acids is 1. The monoisotopic (exact) mass is 467 g/mol. The number of anilines is 1. The van der Waals surface area contributed by atoms with Gasteiger partial charge in [0.1, 0.15) is 0 Å². The van der Waals surface area contributed by atoms with E-state index in [1.807, 2.05) is 25.3 Å². The highest BCUT2D eigenvalue weighted by atomic mass is 32.2. The lowest BCUT2D eigenvalue weighted by Crippen LogP contribution is -2.29. The zero-order valence-electron chi connectivity index (χ0n) is 18.4. The Labute approximate surface area is 193 Å². The summed E-state index contributed by atoms with van der Waals surface area (Å²) in [4.78, 5) is 17.0. The summed E-state index contributed by atoms with van der Waals surface area (Å²) in [5.74, 6) is -0.243. The summed E-state index contributed by atoms with van der Waals surface area (Å²) in [6.45, 7) is 6.44. The lowest BCUT2D eigenvalue weighted by atomic mass is 9.84. The molecule has 6 nitrogen and oxygen atoms in total. The molecular weight excluding hydrogens is 442 g/mol. The molecule has 0 atom stereocenters. The molecule has 4 rings (SSSR count). The van der Waals surface area contributed by atoms with E-state index in [0.29, 0.717) is 11.4 Å². The predicted octanol–water partition coefficient (Wildman–Crippen LogP) is 4.52. The molecule has 8 heteroatoms. The Morgan fingerprint density at radius 1 is 1.03 bits per heavy atom. The van der Waals surface area contributed by atoms with Crippen molar-refractivity contribution < 1.29 is 13.2 Å². The van der Waals surface area contributed by atoms with Crippen molar-refractivity contribution in [2.24, 2.45) is 4.40 Å².